The van der Waals surface area contributed by atoms with Crippen LogP contribution in [0.5, 0.6) is 11.5 Å². The number of aryl methyl sites for hydroxylation is 1. The van der Waals surface area contributed by atoms with Crippen molar-refractivity contribution in [3.05, 3.63) is 35.9 Å². The van der Waals surface area contributed by atoms with Crippen LogP contribution in [-0.4, -0.2) is 17.0 Å². The molecule has 0 unspecified atom stereocenters. The van der Waals surface area contributed by atoms with Crippen molar-refractivity contribution in [2.45, 2.75) is 32.6 Å². The molecule has 3 heteroatoms. The number of fused-ring (bicyclic) bond motifs is 1. The van der Waals surface area contributed by atoms with Crippen LogP contribution in [0.2, 0.25) is 0 Å². The van der Waals surface area contributed by atoms with E-state index in [0.29, 0.717) is 5.75 Å². The molecule has 20 heavy (non-hydrogen) atoms. The molecule has 0 heterocycles. The Bertz CT molecular complexity index is 566. The Morgan fingerprint density at radius 2 is 1.95 bits per heavy atom. The molecule has 0 atom stereocenters. The largest absolute Gasteiger partial charge is 0.508 e. The summed E-state index contributed by atoms with van der Waals surface area (Å²) >= 11 is 3.44. The minimum atomic E-state index is 0.308. The van der Waals surface area contributed by atoms with E-state index in [1.54, 1.807) is 12.1 Å². The minimum Gasteiger partial charge on any atom is -0.508 e. The highest BCUT2D eigenvalue weighted by Crippen LogP contribution is 2.30. The fourth-order valence-corrected chi connectivity index (χ4v) is 2.81. The molecule has 2 nitrogen and oxygen atoms in total. The zero-order chi connectivity index (χ0) is 14.4. The summed E-state index contributed by atoms with van der Waals surface area (Å²) in [4.78, 5) is 0. The number of phenols is 1. The molecule has 1 N–H and O–H groups in total. The third kappa shape index (κ3) is 3.66. The number of unbranched alkanes of at least 4 members (excludes halogenated alkanes) is 2. The molecule has 0 bridgehead atoms. The summed E-state index contributed by atoms with van der Waals surface area (Å²) in [6.07, 6.45) is 4.40. The first-order valence-electron chi connectivity index (χ1n) is 7.19. The Hall–Kier alpha value is -1.22. The highest BCUT2D eigenvalue weighted by molar-refractivity contribution is 9.09. The Morgan fingerprint density at radius 3 is 2.70 bits per heavy atom. The van der Waals surface area contributed by atoms with E-state index in [4.69, 9.17) is 4.74 Å². The molecule has 2 aromatic carbocycles. The van der Waals surface area contributed by atoms with Gasteiger partial charge in [0.1, 0.15) is 11.5 Å². The van der Waals surface area contributed by atoms with E-state index in [9.17, 15) is 5.11 Å². The lowest BCUT2D eigenvalue weighted by molar-refractivity contribution is 0.304. The number of rotatable bonds is 7. The quantitative estimate of drug-likeness (QED) is 0.566. The van der Waals surface area contributed by atoms with Crippen LogP contribution in [0, 0.1) is 0 Å². The summed E-state index contributed by atoms with van der Waals surface area (Å²) in [6.45, 7) is 2.91. The average Bonchev–Trinajstić information content (AvgIpc) is 2.46. The van der Waals surface area contributed by atoms with Gasteiger partial charge in [0, 0.05) is 10.9 Å². The molecule has 0 aromatic heterocycles. The normalized spacial score (nSPS) is 10.9. The molecule has 0 fully saturated rings. The summed E-state index contributed by atoms with van der Waals surface area (Å²) in [5.41, 5.74) is 1.22. The van der Waals surface area contributed by atoms with Crippen molar-refractivity contribution in [3.63, 3.8) is 0 Å². The molecule has 0 aliphatic heterocycles. The van der Waals surface area contributed by atoms with Crippen LogP contribution in [0.3, 0.4) is 0 Å². The zero-order valence-electron chi connectivity index (χ0n) is 11.9. The molecule has 2 aromatic rings. The van der Waals surface area contributed by atoms with Gasteiger partial charge in [0.05, 0.1) is 6.61 Å². The lowest BCUT2D eigenvalue weighted by atomic mass is 10.0. The third-order valence-electron chi connectivity index (χ3n) is 3.46. The van der Waals surface area contributed by atoms with Crippen LogP contribution in [0.4, 0.5) is 0 Å². The smallest absolute Gasteiger partial charge is 0.123 e. The van der Waals surface area contributed by atoms with Crippen molar-refractivity contribution >= 4 is 26.7 Å². The van der Waals surface area contributed by atoms with E-state index < -0.39 is 0 Å². The maximum absolute atomic E-state index is 9.55. The first-order valence-corrected chi connectivity index (χ1v) is 8.31. The average molecular weight is 337 g/mol. The Morgan fingerprint density at radius 1 is 1.10 bits per heavy atom. The number of hydrogen-bond acceptors (Lipinski definition) is 2. The Labute approximate surface area is 128 Å². The predicted molar refractivity (Wildman–Crippen MR) is 88.1 cm³/mol. The van der Waals surface area contributed by atoms with E-state index >= 15 is 0 Å². The number of halogens is 1. The van der Waals surface area contributed by atoms with E-state index in [1.165, 1.54) is 23.8 Å². The molecular weight excluding hydrogens is 316 g/mol. The lowest BCUT2D eigenvalue weighted by Crippen LogP contribution is -2.00. The number of benzene rings is 2. The molecule has 0 spiro atoms. The van der Waals surface area contributed by atoms with Gasteiger partial charge in [-0.25, -0.2) is 0 Å². The van der Waals surface area contributed by atoms with Crippen LogP contribution in [-0.2, 0) is 6.42 Å². The summed E-state index contributed by atoms with van der Waals surface area (Å²) in [5.74, 6) is 1.28. The monoisotopic (exact) mass is 336 g/mol. The molecule has 0 saturated carbocycles. The first kappa shape index (κ1) is 15.2. The molecule has 0 aliphatic carbocycles. The minimum absolute atomic E-state index is 0.308. The molecule has 0 aliphatic rings. The van der Waals surface area contributed by atoms with Gasteiger partial charge in [0.2, 0.25) is 0 Å². The molecule has 2 rings (SSSR count). The Kier molecular flexibility index (Phi) is 5.72. The van der Waals surface area contributed by atoms with Crippen molar-refractivity contribution in [3.8, 4) is 11.5 Å². The molecule has 0 radical (unpaired) electrons. The second kappa shape index (κ2) is 7.53. The highest BCUT2D eigenvalue weighted by Gasteiger charge is 2.07. The van der Waals surface area contributed by atoms with E-state index in [0.717, 1.165) is 35.9 Å². The number of phenolic OH excluding ortho intramolecular Hbond substituents is 1. The summed E-state index contributed by atoms with van der Waals surface area (Å²) < 4.78 is 5.94. The third-order valence-corrected chi connectivity index (χ3v) is 4.02. The van der Waals surface area contributed by atoms with Crippen LogP contribution in [0.1, 0.15) is 31.7 Å². The van der Waals surface area contributed by atoms with Crippen LogP contribution in [0.25, 0.3) is 10.8 Å². The van der Waals surface area contributed by atoms with Gasteiger partial charge in [0.25, 0.3) is 0 Å². The highest BCUT2D eigenvalue weighted by atomic mass is 79.9. The van der Waals surface area contributed by atoms with Crippen molar-refractivity contribution < 1.29 is 9.84 Å². The summed E-state index contributed by atoms with van der Waals surface area (Å²) in [6, 6.07) is 9.55. The second-order valence-electron chi connectivity index (χ2n) is 4.90. The van der Waals surface area contributed by atoms with Crippen LogP contribution in [0.15, 0.2) is 30.3 Å². The number of aromatic hydroxyl groups is 1. The van der Waals surface area contributed by atoms with Gasteiger partial charge in [0.15, 0.2) is 0 Å². The number of hydrogen-bond donors (Lipinski definition) is 1. The van der Waals surface area contributed by atoms with Crippen molar-refractivity contribution in [2.75, 3.05) is 11.9 Å². The topological polar surface area (TPSA) is 29.5 Å². The van der Waals surface area contributed by atoms with Crippen molar-refractivity contribution in [1.82, 2.24) is 0 Å². The molecule has 0 amide bonds. The van der Waals surface area contributed by atoms with E-state index in [2.05, 4.69) is 22.9 Å². The SMILES string of the molecule is CCc1c(OCCCCCBr)ccc2cc(O)ccc12. The van der Waals surface area contributed by atoms with Gasteiger partial charge in [-0.2, -0.15) is 0 Å². The molecule has 0 saturated heterocycles. The predicted octanol–water partition coefficient (Wildman–Crippen LogP) is 5.05. The number of ether oxygens (including phenoxy) is 1. The van der Waals surface area contributed by atoms with Gasteiger partial charge < -0.3 is 9.84 Å². The fourth-order valence-electron chi connectivity index (χ4n) is 2.42. The molecular formula is C17H21BrO2. The van der Waals surface area contributed by atoms with Gasteiger partial charge in [-0.15, -0.1) is 0 Å². The van der Waals surface area contributed by atoms with E-state index in [1.807, 2.05) is 18.2 Å². The van der Waals surface area contributed by atoms with Gasteiger partial charge in [-0.1, -0.05) is 35.0 Å². The summed E-state index contributed by atoms with van der Waals surface area (Å²) in [7, 11) is 0. The first-order chi connectivity index (χ1) is 9.76. The molecule has 108 valence electrons. The van der Waals surface area contributed by atoms with Crippen molar-refractivity contribution in [1.29, 1.82) is 0 Å². The van der Waals surface area contributed by atoms with Crippen LogP contribution >= 0.6 is 15.9 Å². The maximum atomic E-state index is 9.55. The van der Waals surface area contributed by atoms with E-state index in [-0.39, 0.29) is 0 Å². The number of alkyl halides is 1. The second-order valence-corrected chi connectivity index (χ2v) is 5.69. The Balaban J connectivity index is 2.15. The van der Waals surface area contributed by atoms with Gasteiger partial charge in [-0.05, 0) is 54.7 Å². The summed E-state index contributed by atoms with van der Waals surface area (Å²) in [5, 5.41) is 12.8. The van der Waals surface area contributed by atoms with Gasteiger partial charge in [-0.3, -0.25) is 0 Å². The van der Waals surface area contributed by atoms with Crippen LogP contribution < -0.4 is 4.74 Å². The maximum Gasteiger partial charge on any atom is 0.123 e. The zero-order valence-corrected chi connectivity index (χ0v) is 13.4. The fraction of sp³-hybridized carbons (Fsp3) is 0.412. The standard InChI is InChI=1S/C17H21BrO2/c1-2-15-16-8-7-14(19)12-13(16)6-9-17(15)20-11-5-3-4-10-18/h6-9,12,19H,2-5,10-11H2,1H3. The van der Waals surface area contributed by atoms with Crippen molar-refractivity contribution in [2.24, 2.45) is 0 Å². The van der Waals surface area contributed by atoms with Gasteiger partial charge >= 0.3 is 0 Å². The lowest BCUT2D eigenvalue weighted by Gasteiger charge is -2.13.